The monoisotopic (exact) mass is 708 g/mol. The molecule has 0 radical (unpaired) electrons. The zero-order valence-corrected chi connectivity index (χ0v) is 27.0. The minimum atomic E-state index is -1.54. The third-order valence-corrected chi connectivity index (χ3v) is 6.38. The van der Waals surface area contributed by atoms with Crippen LogP contribution in [0.15, 0.2) is 0 Å². The van der Waals surface area contributed by atoms with E-state index in [1.165, 1.54) is 0 Å². The van der Waals surface area contributed by atoms with Crippen molar-refractivity contribution in [2.75, 3.05) is 13.1 Å². The second kappa shape index (κ2) is 23.6. The molecule has 0 unspecified atom stereocenters. The molecule has 22 nitrogen and oxygen atoms in total. The summed E-state index contributed by atoms with van der Waals surface area (Å²) in [7, 11) is 0. The van der Waals surface area contributed by atoms with Crippen LogP contribution in [0.5, 0.6) is 0 Å². The van der Waals surface area contributed by atoms with Gasteiger partial charge in [-0.05, 0) is 6.42 Å². The maximum Gasteiger partial charge on any atom is 0.300 e. The van der Waals surface area contributed by atoms with Crippen LogP contribution in [-0.2, 0) is 38.1 Å². The summed E-state index contributed by atoms with van der Waals surface area (Å²) in [4.78, 5) is 36.0. The molecule has 0 aromatic heterocycles. The number of aliphatic hydroxyl groups excluding tert-OH is 6. The van der Waals surface area contributed by atoms with Gasteiger partial charge < -0.3 is 92.9 Å². The Labute approximate surface area is 275 Å². The molecule has 2 saturated heterocycles. The quantitative estimate of drug-likeness (QED) is 0.122. The van der Waals surface area contributed by atoms with Crippen LogP contribution >= 0.6 is 0 Å². The highest BCUT2D eigenvalue weighted by atomic mass is 16.7. The molecule has 284 valence electrons. The van der Waals surface area contributed by atoms with Gasteiger partial charge in [0.05, 0.1) is 12.2 Å². The van der Waals surface area contributed by atoms with E-state index in [1.54, 1.807) is 0 Å². The first-order chi connectivity index (χ1) is 22.0. The molecular weight excluding hydrogens is 656 g/mol. The first kappa shape index (κ1) is 47.4. The average Bonchev–Trinajstić information content (AvgIpc) is 2.94. The molecule has 2 heterocycles. The van der Waals surface area contributed by atoms with Crippen molar-refractivity contribution in [1.82, 2.24) is 0 Å². The normalized spacial score (nSPS) is 37.2. The van der Waals surface area contributed by atoms with Crippen molar-refractivity contribution in [2.45, 2.75) is 126 Å². The van der Waals surface area contributed by atoms with Gasteiger partial charge in [-0.2, -0.15) is 0 Å². The second-order valence-electron chi connectivity index (χ2n) is 10.7. The Morgan fingerprint density at radius 3 is 1.02 bits per heavy atom. The van der Waals surface area contributed by atoms with Gasteiger partial charge in [0, 0.05) is 59.3 Å². The number of hydrogen-bond acceptors (Lipinski definition) is 18. The highest BCUT2D eigenvalue weighted by Gasteiger charge is 2.48. The minimum Gasteiger partial charge on any atom is -0.481 e. The lowest BCUT2D eigenvalue weighted by Gasteiger charge is -2.46. The molecule has 3 aliphatic rings. The Bertz CT molecular complexity index is 850. The van der Waals surface area contributed by atoms with Gasteiger partial charge >= 0.3 is 0 Å². The van der Waals surface area contributed by atoms with E-state index in [4.69, 9.17) is 81.5 Å². The van der Waals surface area contributed by atoms with E-state index in [1.807, 2.05) is 0 Å². The molecule has 0 aromatic rings. The number of nitrogens with two attached hydrogens (primary N) is 4. The van der Waals surface area contributed by atoms with Gasteiger partial charge in [-0.15, -0.1) is 0 Å². The van der Waals surface area contributed by atoms with Crippen LogP contribution in [0.4, 0.5) is 0 Å². The Balaban J connectivity index is 0. The summed E-state index contributed by atoms with van der Waals surface area (Å²) in [5, 5.41) is 90.1. The molecule has 18 N–H and O–H groups in total. The van der Waals surface area contributed by atoms with Gasteiger partial charge in [0.1, 0.15) is 48.8 Å². The van der Waals surface area contributed by atoms with E-state index >= 15 is 0 Å². The standard InChI is InChI=1S/C18H36N4O10.4C2H4O2/c19-3-9-11(23)13(25)15(27)17(31-9)29-7-2-8(6(22)1-5(7)21)30-18-16(28)14(26)12(24)10(4-20)32-18;4*1-2(3)4/h5-18,23-28H,1-4,19-22H2;4*1H3,(H,3,4)/t5-,6-,7-,8-,9+,10+,11+,12+,13-,14-,15+,16+,17-,18-;;;;/m0..../s1. The second-order valence-corrected chi connectivity index (χ2v) is 10.7. The molecule has 3 rings (SSSR count). The lowest BCUT2D eigenvalue weighted by Crippen LogP contribution is -2.64. The summed E-state index contributed by atoms with van der Waals surface area (Å²) >= 11 is 0. The lowest BCUT2D eigenvalue weighted by molar-refractivity contribution is -0.323. The molecular formula is C26H52N4O18. The predicted octanol–water partition coefficient (Wildman–Crippen LogP) is -5.90. The number of aliphatic carboxylic acids is 4. The fourth-order valence-electron chi connectivity index (χ4n) is 4.30. The van der Waals surface area contributed by atoms with Gasteiger partial charge in [-0.25, -0.2) is 0 Å². The summed E-state index contributed by atoms with van der Waals surface area (Å²) in [6.45, 7) is 4.12. The number of aliphatic hydroxyl groups is 6. The van der Waals surface area contributed by atoms with E-state index in [2.05, 4.69) is 0 Å². The summed E-state index contributed by atoms with van der Waals surface area (Å²) in [5.41, 5.74) is 23.4. The van der Waals surface area contributed by atoms with Gasteiger partial charge in [-0.3, -0.25) is 19.2 Å². The summed E-state index contributed by atoms with van der Waals surface area (Å²) in [5.74, 6) is -3.33. The number of carboxylic acids is 4. The van der Waals surface area contributed by atoms with Crippen molar-refractivity contribution in [1.29, 1.82) is 0 Å². The Hall–Kier alpha value is -2.68. The van der Waals surface area contributed by atoms with Crippen molar-refractivity contribution >= 4 is 23.9 Å². The first-order valence-electron chi connectivity index (χ1n) is 14.4. The van der Waals surface area contributed by atoms with Crippen molar-refractivity contribution in [3.8, 4) is 0 Å². The maximum absolute atomic E-state index is 10.2. The summed E-state index contributed by atoms with van der Waals surface area (Å²) in [6, 6.07) is -1.13. The van der Waals surface area contributed by atoms with E-state index in [9.17, 15) is 30.6 Å². The molecule has 0 amide bonds. The van der Waals surface area contributed by atoms with E-state index < -0.39 is 110 Å². The number of ether oxygens (including phenoxy) is 4. The van der Waals surface area contributed by atoms with Gasteiger partial charge in [0.15, 0.2) is 12.6 Å². The largest absolute Gasteiger partial charge is 0.481 e. The smallest absolute Gasteiger partial charge is 0.300 e. The fourth-order valence-corrected chi connectivity index (χ4v) is 4.30. The number of hydrogen-bond donors (Lipinski definition) is 14. The van der Waals surface area contributed by atoms with Crippen LogP contribution in [0, 0.1) is 0 Å². The van der Waals surface area contributed by atoms with Gasteiger partial charge in [-0.1, -0.05) is 0 Å². The van der Waals surface area contributed by atoms with Crippen molar-refractivity contribution in [3.63, 3.8) is 0 Å². The molecule has 22 heteroatoms. The van der Waals surface area contributed by atoms with Gasteiger partial charge in [0.2, 0.25) is 0 Å². The van der Waals surface area contributed by atoms with Crippen molar-refractivity contribution in [2.24, 2.45) is 22.9 Å². The third kappa shape index (κ3) is 18.2. The summed E-state index contributed by atoms with van der Waals surface area (Å²) < 4.78 is 22.6. The minimum absolute atomic E-state index is 0.106. The number of rotatable bonds is 6. The molecule has 2 aliphatic heterocycles. The first-order valence-corrected chi connectivity index (χ1v) is 14.4. The zero-order chi connectivity index (χ0) is 38.0. The molecule has 3 fully saturated rings. The van der Waals surface area contributed by atoms with Crippen LogP contribution < -0.4 is 22.9 Å². The highest BCUT2D eigenvalue weighted by Crippen LogP contribution is 2.31. The molecule has 0 bridgehead atoms. The summed E-state index contributed by atoms with van der Waals surface area (Å²) in [6.07, 6.45) is -14.5. The SMILES string of the molecule is CC(=O)O.CC(=O)O.CC(=O)O.CC(=O)O.NC[C@H]1O[C@H](O[C@H]2C[C@H](O[C@H]3O[C@H](CN)[C@@H](O)[C@H](O)[C@H]3O)[C@@H](N)C[C@@H]2N)[C@H](O)[C@@H](O)[C@@H]1O. The van der Waals surface area contributed by atoms with Gasteiger partial charge in [0.25, 0.3) is 23.9 Å². The topological polar surface area (TPSA) is 412 Å². The molecule has 0 aromatic carbocycles. The molecule has 1 saturated carbocycles. The molecule has 1 aliphatic carbocycles. The van der Waals surface area contributed by atoms with Crippen molar-refractivity contribution < 1.29 is 89.2 Å². The van der Waals surface area contributed by atoms with E-state index in [-0.39, 0.29) is 25.9 Å². The zero-order valence-electron chi connectivity index (χ0n) is 27.0. The predicted molar refractivity (Wildman–Crippen MR) is 160 cm³/mol. The maximum atomic E-state index is 10.2. The van der Waals surface area contributed by atoms with E-state index in [0.717, 1.165) is 27.7 Å². The average molecular weight is 709 g/mol. The number of carbonyl (C=O) groups is 4. The molecule has 14 atom stereocenters. The lowest BCUT2D eigenvalue weighted by atomic mass is 9.86. The van der Waals surface area contributed by atoms with Crippen LogP contribution in [-0.4, -0.2) is 174 Å². The van der Waals surface area contributed by atoms with Crippen LogP contribution in [0.2, 0.25) is 0 Å². The Kier molecular flexibility index (Phi) is 23.4. The Morgan fingerprint density at radius 1 is 0.542 bits per heavy atom. The van der Waals surface area contributed by atoms with Crippen LogP contribution in [0.3, 0.4) is 0 Å². The van der Waals surface area contributed by atoms with Crippen LogP contribution in [0.25, 0.3) is 0 Å². The fraction of sp³-hybridized carbons (Fsp3) is 0.846. The Morgan fingerprint density at radius 2 is 0.792 bits per heavy atom. The van der Waals surface area contributed by atoms with Crippen LogP contribution in [0.1, 0.15) is 40.5 Å². The van der Waals surface area contributed by atoms with E-state index in [0.29, 0.717) is 0 Å². The van der Waals surface area contributed by atoms with Crippen molar-refractivity contribution in [3.05, 3.63) is 0 Å². The highest BCUT2D eigenvalue weighted by molar-refractivity contribution is 5.63. The molecule has 0 spiro atoms. The number of carboxylic acid groups (broad SMARTS) is 4. The molecule has 48 heavy (non-hydrogen) atoms. The third-order valence-electron chi connectivity index (χ3n) is 6.38.